The van der Waals surface area contributed by atoms with Crippen LogP contribution in [0.2, 0.25) is 0 Å². The third kappa shape index (κ3) is 1.55. The van der Waals surface area contributed by atoms with E-state index in [4.69, 9.17) is 14.7 Å². The molecule has 1 aliphatic heterocycles. The van der Waals surface area contributed by atoms with E-state index in [1.54, 1.807) is 11.8 Å². The van der Waals surface area contributed by atoms with Crippen molar-refractivity contribution in [2.75, 3.05) is 13.7 Å². The van der Waals surface area contributed by atoms with Crippen molar-refractivity contribution in [1.82, 2.24) is 9.78 Å². The van der Waals surface area contributed by atoms with Gasteiger partial charge in [0.25, 0.3) is 0 Å². The summed E-state index contributed by atoms with van der Waals surface area (Å²) in [7, 11) is 3.43. The molecule has 1 aliphatic rings. The second kappa shape index (κ2) is 4.14. The molecule has 2 rings (SSSR count). The summed E-state index contributed by atoms with van der Waals surface area (Å²) in [4.78, 5) is 0. The van der Waals surface area contributed by atoms with E-state index in [1.807, 2.05) is 14.0 Å². The van der Waals surface area contributed by atoms with Crippen LogP contribution in [0, 0.1) is 24.2 Å². The molecule has 1 saturated heterocycles. The number of methoxy groups -OCH3 is 1. The van der Waals surface area contributed by atoms with Gasteiger partial charge in [0.05, 0.1) is 30.4 Å². The topological polar surface area (TPSA) is 60.1 Å². The van der Waals surface area contributed by atoms with Crippen molar-refractivity contribution in [3.63, 3.8) is 0 Å². The van der Waals surface area contributed by atoms with Gasteiger partial charge < -0.3 is 9.47 Å². The van der Waals surface area contributed by atoms with E-state index in [0.717, 1.165) is 17.7 Å². The first-order valence-electron chi connectivity index (χ1n) is 5.27. The first-order chi connectivity index (χ1) is 7.69. The highest BCUT2D eigenvalue weighted by atomic mass is 16.5. The van der Waals surface area contributed by atoms with Crippen LogP contribution in [0.4, 0.5) is 0 Å². The van der Waals surface area contributed by atoms with E-state index >= 15 is 0 Å². The highest BCUT2D eigenvalue weighted by molar-refractivity contribution is 5.35. The van der Waals surface area contributed by atoms with E-state index in [9.17, 15) is 0 Å². The quantitative estimate of drug-likeness (QED) is 0.756. The lowest BCUT2D eigenvalue weighted by atomic mass is 9.97. The van der Waals surface area contributed by atoms with Crippen molar-refractivity contribution < 1.29 is 9.47 Å². The zero-order valence-electron chi connectivity index (χ0n) is 9.73. The highest BCUT2D eigenvalue weighted by Gasteiger charge is 2.35. The van der Waals surface area contributed by atoms with Crippen LogP contribution in [0.3, 0.4) is 0 Å². The molecule has 2 heterocycles. The number of ether oxygens (including phenoxy) is 2. The molecule has 16 heavy (non-hydrogen) atoms. The maximum Gasteiger partial charge on any atom is 0.217 e. The summed E-state index contributed by atoms with van der Waals surface area (Å²) in [6, 6.07) is 2.28. The summed E-state index contributed by atoms with van der Waals surface area (Å²) in [5.41, 5.74) is 1.78. The van der Waals surface area contributed by atoms with Gasteiger partial charge in [-0.2, -0.15) is 10.4 Å². The fraction of sp³-hybridized carbons (Fsp3) is 0.636. The number of rotatable bonds is 2. The van der Waals surface area contributed by atoms with Gasteiger partial charge in [0.1, 0.15) is 6.10 Å². The number of nitrogens with zero attached hydrogens (tertiary/aromatic N) is 3. The Morgan fingerprint density at radius 3 is 3.00 bits per heavy atom. The van der Waals surface area contributed by atoms with Crippen LogP contribution in [0.25, 0.3) is 0 Å². The Hall–Kier alpha value is -1.54. The summed E-state index contributed by atoms with van der Waals surface area (Å²) in [5, 5.41) is 13.4. The number of aryl methyl sites for hydroxylation is 2. The third-order valence-electron chi connectivity index (χ3n) is 2.95. The first-order valence-corrected chi connectivity index (χ1v) is 5.27. The summed E-state index contributed by atoms with van der Waals surface area (Å²) in [6.45, 7) is 2.54. The minimum absolute atomic E-state index is 0.100. The summed E-state index contributed by atoms with van der Waals surface area (Å²) in [6.07, 6.45) is 0.576. The summed E-state index contributed by atoms with van der Waals surface area (Å²) in [5.74, 6) is 0.585. The van der Waals surface area contributed by atoms with Gasteiger partial charge in [-0.05, 0) is 13.3 Å². The van der Waals surface area contributed by atoms with Gasteiger partial charge in [-0.1, -0.05) is 0 Å². The van der Waals surface area contributed by atoms with E-state index in [-0.39, 0.29) is 12.0 Å². The molecule has 2 unspecified atom stereocenters. The van der Waals surface area contributed by atoms with E-state index in [0.29, 0.717) is 12.5 Å². The summed E-state index contributed by atoms with van der Waals surface area (Å²) < 4.78 is 12.6. The van der Waals surface area contributed by atoms with Crippen LogP contribution in [-0.2, 0) is 11.8 Å². The fourth-order valence-electron chi connectivity index (χ4n) is 2.23. The number of nitriles is 1. The predicted molar refractivity (Wildman–Crippen MR) is 56.9 cm³/mol. The third-order valence-corrected chi connectivity index (χ3v) is 2.95. The molecule has 1 fully saturated rings. The molecule has 0 aliphatic carbocycles. The van der Waals surface area contributed by atoms with E-state index < -0.39 is 0 Å². The predicted octanol–water partition coefficient (Wildman–Crippen LogP) is 1.34. The zero-order valence-corrected chi connectivity index (χ0v) is 9.73. The average molecular weight is 221 g/mol. The fourth-order valence-corrected chi connectivity index (χ4v) is 2.23. The average Bonchev–Trinajstić information content (AvgIpc) is 2.81. The summed E-state index contributed by atoms with van der Waals surface area (Å²) >= 11 is 0. The van der Waals surface area contributed by atoms with Crippen molar-refractivity contribution in [2.24, 2.45) is 13.0 Å². The van der Waals surface area contributed by atoms with Crippen molar-refractivity contribution in [3.8, 4) is 11.9 Å². The minimum Gasteiger partial charge on any atom is -0.481 e. The number of hydrogen-bond donors (Lipinski definition) is 0. The Bertz CT molecular complexity index is 433. The second-order valence-electron chi connectivity index (χ2n) is 3.95. The van der Waals surface area contributed by atoms with Crippen LogP contribution in [-0.4, -0.2) is 23.5 Å². The van der Waals surface area contributed by atoms with E-state index in [2.05, 4.69) is 11.2 Å². The van der Waals surface area contributed by atoms with Crippen molar-refractivity contribution in [2.45, 2.75) is 19.4 Å². The minimum atomic E-state index is -0.200. The van der Waals surface area contributed by atoms with Crippen LogP contribution in [0.15, 0.2) is 0 Å². The standard InChI is InChI=1S/C11H15N3O2/c1-7-9(11(15-3)14(2)13-7)10-8(6-12)4-5-16-10/h8,10H,4-5H2,1-3H3. The van der Waals surface area contributed by atoms with Crippen LogP contribution >= 0.6 is 0 Å². The molecule has 0 spiro atoms. The Morgan fingerprint density at radius 1 is 1.62 bits per heavy atom. The lowest BCUT2D eigenvalue weighted by Crippen LogP contribution is -2.08. The molecule has 0 radical (unpaired) electrons. The van der Waals surface area contributed by atoms with Crippen LogP contribution in [0.1, 0.15) is 23.8 Å². The molecule has 0 N–H and O–H groups in total. The largest absolute Gasteiger partial charge is 0.481 e. The normalized spacial score (nSPS) is 24.4. The van der Waals surface area contributed by atoms with Gasteiger partial charge in [0.15, 0.2) is 0 Å². The number of aromatic nitrogens is 2. The molecule has 2 atom stereocenters. The molecule has 5 heteroatoms. The molecule has 1 aromatic rings. The van der Waals surface area contributed by atoms with E-state index in [1.165, 1.54) is 0 Å². The smallest absolute Gasteiger partial charge is 0.217 e. The van der Waals surface area contributed by atoms with Crippen molar-refractivity contribution in [3.05, 3.63) is 11.3 Å². The molecule has 0 aromatic carbocycles. The van der Waals surface area contributed by atoms with Gasteiger partial charge in [-0.15, -0.1) is 0 Å². The van der Waals surface area contributed by atoms with Crippen molar-refractivity contribution >= 4 is 0 Å². The Morgan fingerprint density at radius 2 is 2.38 bits per heavy atom. The lowest BCUT2D eigenvalue weighted by Gasteiger charge is -2.14. The second-order valence-corrected chi connectivity index (χ2v) is 3.95. The van der Waals surface area contributed by atoms with Gasteiger partial charge in [-0.3, -0.25) is 0 Å². The number of hydrogen-bond acceptors (Lipinski definition) is 4. The van der Waals surface area contributed by atoms with Crippen molar-refractivity contribution in [1.29, 1.82) is 5.26 Å². The Labute approximate surface area is 94.6 Å². The SMILES string of the molecule is COc1c(C2OCCC2C#N)c(C)nn1C. The van der Waals surface area contributed by atoms with Gasteiger partial charge in [-0.25, -0.2) is 4.68 Å². The van der Waals surface area contributed by atoms with Crippen LogP contribution in [0.5, 0.6) is 5.88 Å². The zero-order chi connectivity index (χ0) is 11.7. The molecule has 0 bridgehead atoms. The maximum absolute atomic E-state index is 9.06. The van der Waals surface area contributed by atoms with Crippen LogP contribution < -0.4 is 4.74 Å². The lowest BCUT2D eigenvalue weighted by molar-refractivity contribution is 0.0976. The first kappa shape index (κ1) is 11.0. The Kier molecular flexibility index (Phi) is 2.84. The maximum atomic E-state index is 9.06. The Balaban J connectivity index is 2.43. The molecule has 5 nitrogen and oxygen atoms in total. The molecule has 0 amide bonds. The molecular weight excluding hydrogens is 206 g/mol. The van der Waals surface area contributed by atoms with Gasteiger partial charge >= 0.3 is 0 Å². The monoisotopic (exact) mass is 221 g/mol. The highest BCUT2D eigenvalue weighted by Crippen LogP contribution is 2.40. The molecule has 0 saturated carbocycles. The molecule has 1 aromatic heterocycles. The van der Waals surface area contributed by atoms with Gasteiger partial charge in [0.2, 0.25) is 5.88 Å². The van der Waals surface area contributed by atoms with Gasteiger partial charge in [0, 0.05) is 13.7 Å². The molecule has 86 valence electrons. The molecular formula is C11H15N3O2.